The van der Waals surface area contributed by atoms with Gasteiger partial charge in [-0.1, -0.05) is 6.42 Å². The van der Waals surface area contributed by atoms with Gasteiger partial charge in [0.1, 0.15) is 6.04 Å². The number of nitrogens with one attached hydrogen (secondary N) is 1. The number of rotatable bonds is 7. The molecule has 0 aliphatic carbocycles. The first-order valence-corrected chi connectivity index (χ1v) is 7.42. The molecule has 0 aromatic heterocycles. The van der Waals surface area contributed by atoms with Gasteiger partial charge in [-0.25, -0.2) is 4.79 Å². The van der Waals surface area contributed by atoms with Crippen LogP contribution in [0.4, 0.5) is 0 Å². The first-order chi connectivity index (χ1) is 9.00. The lowest BCUT2D eigenvalue weighted by atomic mass is 10.1. The topological polar surface area (TPSA) is 104 Å². The molecule has 1 fully saturated rings. The Morgan fingerprint density at radius 1 is 1.26 bits per heavy atom. The molecule has 1 unspecified atom stereocenters. The van der Waals surface area contributed by atoms with Crippen LogP contribution in [0.3, 0.4) is 0 Å². The highest BCUT2D eigenvalue weighted by atomic mass is 32.2. The van der Waals surface area contributed by atoms with E-state index in [1.807, 2.05) is 0 Å². The van der Waals surface area contributed by atoms with E-state index in [0.717, 1.165) is 25.0 Å². The summed E-state index contributed by atoms with van der Waals surface area (Å²) in [5.41, 5.74) is 0. The third-order valence-electron chi connectivity index (χ3n) is 2.97. The molecule has 7 heteroatoms. The molecule has 1 amide bonds. The van der Waals surface area contributed by atoms with E-state index < -0.39 is 18.0 Å². The summed E-state index contributed by atoms with van der Waals surface area (Å²) in [5.74, 6) is -1.39. The van der Waals surface area contributed by atoms with Crippen molar-refractivity contribution in [1.29, 1.82) is 0 Å². The number of thioether (sulfide) groups is 1. The van der Waals surface area contributed by atoms with Gasteiger partial charge in [0, 0.05) is 6.42 Å². The molecular weight excluding hydrogens is 270 g/mol. The van der Waals surface area contributed by atoms with Gasteiger partial charge in [0.05, 0.1) is 5.25 Å². The zero-order valence-corrected chi connectivity index (χ0v) is 11.4. The van der Waals surface area contributed by atoms with Gasteiger partial charge in [0.25, 0.3) is 0 Å². The van der Waals surface area contributed by atoms with E-state index in [4.69, 9.17) is 10.2 Å². The predicted octanol–water partition coefficient (Wildman–Crippen LogP) is 1.10. The maximum atomic E-state index is 11.9. The fraction of sp³-hybridized carbons (Fsp3) is 0.750. The molecule has 1 aliphatic rings. The zero-order chi connectivity index (χ0) is 14.3. The van der Waals surface area contributed by atoms with E-state index in [2.05, 4.69) is 5.32 Å². The maximum Gasteiger partial charge on any atom is 0.326 e. The van der Waals surface area contributed by atoms with Crippen molar-refractivity contribution in [1.82, 2.24) is 5.32 Å². The second kappa shape index (κ2) is 8.04. The Bertz CT molecular complexity index is 341. The Balaban J connectivity index is 2.41. The number of aliphatic carboxylic acids is 2. The molecule has 2 atom stereocenters. The van der Waals surface area contributed by atoms with Gasteiger partial charge in [-0.05, 0) is 31.4 Å². The van der Waals surface area contributed by atoms with Crippen LogP contribution in [0.2, 0.25) is 0 Å². The van der Waals surface area contributed by atoms with E-state index in [9.17, 15) is 14.4 Å². The zero-order valence-electron chi connectivity index (χ0n) is 10.6. The minimum atomic E-state index is -1.11. The molecule has 19 heavy (non-hydrogen) atoms. The van der Waals surface area contributed by atoms with Gasteiger partial charge in [-0.2, -0.15) is 0 Å². The minimum Gasteiger partial charge on any atom is -0.481 e. The fourth-order valence-electron chi connectivity index (χ4n) is 1.93. The van der Waals surface area contributed by atoms with Crippen LogP contribution in [0.1, 0.15) is 38.5 Å². The lowest BCUT2D eigenvalue weighted by Gasteiger charge is -2.22. The number of hydrogen-bond acceptors (Lipinski definition) is 4. The van der Waals surface area contributed by atoms with Crippen molar-refractivity contribution in [2.75, 3.05) is 5.75 Å². The van der Waals surface area contributed by atoms with Gasteiger partial charge >= 0.3 is 11.9 Å². The Morgan fingerprint density at radius 2 is 2.00 bits per heavy atom. The predicted molar refractivity (Wildman–Crippen MR) is 71.2 cm³/mol. The van der Waals surface area contributed by atoms with Crippen LogP contribution in [0.5, 0.6) is 0 Å². The van der Waals surface area contributed by atoms with E-state index in [-0.39, 0.29) is 30.4 Å². The monoisotopic (exact) mass is 289 g/mol. The van der Waals surface area contributed by atoms with Crippen LogP contribution in [-0.2, 0) is 14.4 Å². The smallest absolute Gasteiger partial charge is 0.326 e. The van der Waals surface area contributed by atoms with Crippen molar-refractivity contribution >= 4 is 29.6 Å². The second-order valence-corrected chi connectivity index (χ2v) is 5.85. The van der Waals surface area contributed by atoms with Gasteiger partial charge in [0.2, 0.25) is 5.91 Å². The van der Waals surface area contributed by atoms with Gasteiger partial charge in [-0.15, -0.1) is 11.8 Å². The fourth-order valence-corrected chi connectivity index (χ4v) is 3.14. The lowest BCUT2D eigenvalue weighted by molar-refractivity contribution is -0.142. The van der Waals surface area contributed by atoms with Crippen LogP contribution < -0.4 is 5.32 Å². The molecule has 0 aromatic carbocycles. The molecule has 0 bridgehead atoms. The Labute approximate surface area is 115 Å². The molecule has 1 rings (SSSR count). The Hall–Kier alpha value is -1.24. The average molecular weight is 289 g/mol. The molecule has 0 saturated carbocycles. The summed E-state index contributed by atoms with van der Waals surface area (Å²) in [6.45, 7) is 0. The summed E-state index contributed by atoms with van der Waals surface area (Å²) in [4.78, 5) is 33.3. The van der Waals surface area contributed by atoms with Crippen LogP contribution in [-0.4, -0.2) is 45.1 Å². The second-order valence-electron chi connectivity index (χ2n) is 4.54. The number of carboxylic acid groups (broad SMARTS) is 2. The number of carbonyl (C=O) groups excluding carboxylic acids is 1. The lowest BCUT2D eigenvalue weighted by Crippen LogP contribution is -2.45. The summed E-state index contributed by atoms with van der Waals surface area (Å²) in [6, 6.07) is -0.991. The standard InChI is InChI=1S/C12H19NO5S/c14-10(15)6-3-4-8(12(17)18)13-11(16)9-5-1-2-7-19-9/h8-9H,1-7H2,(H,13,16)(H,14,15)(H,17,18)/t8-,9?/m1/s1. The highest BCUT2D eigenvalue weighted by molar-refractivity contribution is 8.00. The quantitative estimate of drug-likeness (QED) is 0.648. The van der Waals surface area contributed by atoms with E-state index in [1.54, 1.807) is 11.8 Å². The van der Waals surface area contributed by atoms with Crippen molar-refractivity contribution in [3.63, 3.8) is 0 Å². The third kappa shape index (κ3) is 5.96. The molecule has 3 N–H and O–H groups in total. The highest BCUT2D eigenvalue weighted by Gasteiger charge is 2.26. The van der Waals surface area contributed by atoms with Gasteiger partial charge < -0.3 is 15.5 Å². The molecular formula is C12H19NO5S. The molecule has 0 aromatic rings. The maximum absolute atomic E-state index is 11.9. The van der Waals surface area contributed by atoms with Crippen molar-refractivity contribution in [3.8, 4) is 0 Å². The Morgan fingerprint density at radius 3 is 2.53 bits per heavy atom. The van der Waals surface area contributed by atoms with Crippen LogP contribution in [0.25, 0.3) is 0 Å². The molecule has 6 nitrogen and oxygen atoms in total. The van der Waals surface area contributed by atoms with Crippen LogP contribution in [0.15, 0.2) is 0 Å². The molecule has 1 heterocycles. The summed E-state index contributed by atoms with van der Waals surface area (Å²) < 4.78 is 0. The van der Waals surface area contributed by atoms with Crippen LogP contribution >= 0.6 is 11.8 Å². The van der Waals surface area contributed by atoms with Crippen molar-refractivity contribution in [2.24, 2.45) is 0 Å². The van der Waals surface area contributed by atoms with Crippen molar-refractivity contribution < 1.29 is 24.6 Å². The summed E-state index contributed by atoms with van der Waals surface area (Å²) in [6.07, 6.45) is 3.15. The first-order valence-electron chi connectivity index (χ1n) is 6.37. The molecule has 1 aliphatic heterocycles. The van der Waals surface area contributed by atoms with E-state index >= 15 is 0 Å². The molecule has 0 spiro atoms. The number of hydrogen-bond donors (Lipinski definition) is 3. The molecule has 0 radical (unpaired) electrons. The number of amides is 1. The van der Waals surface area contributed by atoms with Crippen molar-refractivity contribution in [3.05, 3.63) is 0 Å². The summed E-state index contributed by atoms with van der Waals surface area (Å²) in [7, 11) is 0. The largest absolute Gasteiger partial charge is 0.481 e. The van der Waals surface area contributed by atoms with Crippen LogP contribution in [0, 0.1) is 0 Å². The normalized spacial score (nSPS) is 20.5. The summed E-state index contributed by atoms with van der Waals surface area (Å²) in [5, 5.41) is 19.9. The highest BCUT2D eigenvalue weighted by Crippen LogP contribution is 2.25. The van der Waals surface area contributed by atoms with E-state index in [0.29, 0.717) is 0 Å². The van der Waals surface area contributed by atoms with Crippen molar-refractivity contribution in [2.45, 2.75) is 49.8 Å². The molecule has 108 valence electrons. The van der Waals surface area contributed by atoms with E-state index in [1.165, 1.54) is 0 Å². The summed E-state index contributed by atoms with van der Waals surface area (Å²) >= 11 is 1.55. The van der Waals surface area contributed by atoms with Gasteiger partial charge in [0.15, 0.2) is 0 Å². The number of carboxylic acids is 2. The third-order valence-corrected chi connectivity index (χ3v) is 4.35. The number of carbonyl (C=O) groups is 3. The average Bonchev–Trinajstić information content (AvgIpc) is 2.37. The Kier molecular flexibility index (Phi) is 6.69. The molecule has 1 saturated heterocycles. The SMILES string of the molecule is O=C(O)CCC[C@@H](NC(=O)C1CCCCS1)C(=O)O. The minimum absolute atomic E-state index is 0.0855. The first kappa shape index (κ1) is 15.8. The van der Waals surface area contributed by atoms with Gasteiger partial charge in [-0.3, -0.25) is 9.59 Å².